The molecule has 0 heterocycles. The summed E-state index contributed by atoms with van der Waals surface area (Å²) in [4.78, 5) is 25.4. The molecule has 0 aliphatic carbocycles. The van der Waals surface area contributed by atoms with Crippen molar-refractivity contribution in [2.24, 2.45) is 0 Å². The van der Waals surface area contributed by atoms with Crippen LogP contribution in [0.4, 0.5) is 0 Å². The molecule has 370 valence electrons. The molecule has 0 fully saturated rings. The second-order valence-corrected chi connectivity index (χ2v) is 19.9. The van der Waals surface area contributed by atoms with E-state index >= 15 is 0 Å². The fourth-order valence-electron chi connectivity index (χ4n) is 8.42. The Bertz CT molecular complexity index is 1410. The predicted molar refractivity (Wildman–Crippen MR) is 269 cm³/mol. The molecule has 7 nitrogen and oxygen atoms in total. The second-order valence-electron chi connectivity index (χ2n) is 18.5. The van der Waals surface area contributed by atoms with Gasteiger partial charge >= 0.3 is 63.3 Å². The number of hydrogen-bond acceptors (Lipinski definition) is 7. The van der Waals surface area contributed by atoms with Gasteiger partial charge in [0.25, 0.3) is 0 Å². The summed E-state index contributed by atoms with van der Waals surface area (Å²) >= 11 is 0. The van der Waals surface area contributed by atoms with E-state index in [9.17, 15) is 22.6 Å². The number of hydrogen-bond donors (Lipinski definition) is 0. The van der Waals surface area contributed by atoms with E-state index < -0.39 is 32.5 Å². The second kappa shape index (κ2) is 48.2. The number of rotatable bonds is 47. The van der Waals surface area contributed by atoms with Crippen molar-refractivity contribution >= 4 is 22.1 Å². The van der Waals surface area contributed by atoms with Crippen molar-refractivity contribution in [2.45, 2.75) is 276 Å². The minimum Gasteiger partial charge on any atom is -0.744 e. The summed E-state index contributed by atoms with van der Waals surface area (Å²) in [5, 5.41) is 0. The smallest absolute Gasteiger partial charge is 0.744 e. The average molecular weight is 954 g/mol. The van der Waals surface area contributed by atoms with Crippen molar-refractivity contribution in [3.8, 4) is 0 Å². The molecule has 0 atom stereocenters. The molecule has 0 spiro atoms. The number of allylic oxidation sites excluding steroid dienone is 4. The average Bonchev–Trinajstić information content (AvgIpc) is 3.28. The van der Waals surface area contributed by atoms with Crippen LogP contribution in [0.1, 0.15) is 291 Å². The fourth-order valence-corrected chi connectivity index (χ4v) is 9.11. The molecule has 0 amide bonds. The normalized spacial score (nSPS) is 11.7. The van der Waals surface area contributed by atoms with E-state index in [4.69, 9.17) is 9.47 Å². The molecule has 0 saturated carbocycles. The monoisotopic (exact) mass is 953 g/mol. The summed E-state index contributed by atoms with van der Waals surface area (Å²) < 4.78 is 47.0. The Kier molecular flexibility index (Phi) is 47.6. The Morgan fingerprint density at radius 1 is 0.431 bits per heavy atom. The number of unbranched alkanes of at least 4 members (excludes halogenated alkanes) is 36. The largest absolute Gasteiger partial charge is 1.00 e. The van der Waals surface area contributed by atoms with Crippen LogP contribution in [-0.2, 0) is 19.6 Å². The van der Waals surface area contributed by atoms with Gasteiger partial charge in [0.15, 0.2) is 0 Å². The summed E-state index contributed by atoms with van der Waals surface area (Å²) in [7, 11) is -5.02. The third-order valence-electron chi connectivity index (χ3n) is 12.5. The molecule has 9 heteroatoms. The van der Waals surface area contributed by atoms with Gasteiger partial charge in [0.1, 0.15) is 10.1 Å². The van der Waals surface area contributed by atoms with Gasteiger partial charge in [-0.1, -0.05) is 237 Å². The number of carbonyl (C=O) groups is 2. The van der Waals surface area contributed by atoms with Gasteiger partial charge < -0.3 is 14.0 Å². The van der Waals surface area contributed by atoms with E-state index in [2.05, 4.69) is 38.2 Å². The van der Waals surface area contributed by atoms with Crippen molar-refractivity contribution in [3.63, 3.8) is 0 Å². The van der Waals surface area contributed by atoms with Gasteiger partial charge in [-0.05, 0) is 76.3 Å². The molecule has 65 heavy (non-hydrogen) atoms. The number of carbonyl (C=O) groups excluding carboxylic acids is 2. The van der Waals surface area contributed by atoms with Crippen molar-refractivity contribution in [1.29, 1.82) is 0 Å². The van der Waals surface area contributed by atoms with E-state index in [1.165, 1.54) is 218 Å². The van der Waals surface area contributed by atoms with Crippen LogP contribution < -0.4 is 51.4 Å². The van der Waals surface area contributed by atoms with E-state index in [-0.39, 0.29) is 70.2 Å². The zero-order valence-corrected chi connectivity index (χ0v) is 46.4. The van der Waals surface area contributed by atoms with Crippen LogP contribution in [0.3, 0.4) is 0 Å². The molecule has 1 aromatic rings. The Balaban J connectivity index is 0.0000410. The quantitative estimate of drug-likeness (QED) is 0.0210. The van der Waals surface area contributed by atoms with Gasteiger partial charge in [0.05, 0.1) is 29.2 Å². The molecule has 0 bridgehead atoms. The van der Waals surface area contributed by atoms with Gasteiger partial charge in [-0.25, -0.2) is 18.0 Å². The van der Waals surface area contributed by atoms with Crippen molar-refractivity contribution in [2.75, 3.05) is 13.2 Å². The van der Waals surface area contributed by atoms with Crippen molar-refractivity contribution in [1.82, 2.24) is 0 Å². The topological polar surface area (TPSA) is 110 Å². The molecular formula is C56H97KO7S. The van der Waals surface area contributed by atoms with Gasteiger partial charge in [0, 0.05) is 0 Å². The predicted octanol–water partition coefficient (Wildman–Crippen LogP) is 14.7. The maximum atomic E-state index is 13.1. The van der Waals surface area contributed by atoms with Crippen molar-refractivity contribution in [3.05, 3.63) is 53.6 Å². The number of esters is 2. The Morgan fingerprint density at radius 3 is 1.02 bits per heavy atom. The SMILES string of the molecule is CCCCC/C=C/CCCCCCCCCCCCCCCCCOC(=O)c1cccc(S(=O)(=O)[O-])c1C(=O)OCCCCCCCCCCCCCCCCC/C=C/CCCCC.[K+]. The summed E-state index contributed by atoms with van der Waals surface area (Å²) in [5.41, 5.74) is -0.767. The summed E-state index contributed by atoms with van der Waals surface area (Å²) in [6.45, 7) is 4.77. The zero-order valence-electron chi connectivity index (χ0n) is 42.5. The first kappa shape index (κ1) is 64.2. The van der Waals surface area contributed by atoms with Crippen molar-refractivity contribution < 1.29 is 83.4 Å². The van der Waals surface area contributed by atoms with E-state index in [0.717, 1.165) is 44.6 Å². The summed E-state index contributed by atoms with van der Waals surface area (Å²) in [5.74, 6) is -1.80. The van der Waals surface area contributed by atoms with Crippen LogP contribution in [0.25, 0.3) is 0 Å². The van der Waals surface area contributed by atoms with Gasteiger partial charge in [-0.2, -0.15) is 0 Å². The first-order chi connectivity index (χ1) is 31.3. The van der Waals surface area contributed by atoms with Gasteiger partial charge in [0.2, 0.25) is 0 Å². The summed E-state index contributed by atoms with van der Waals surface area (Å²) in [6.07, 6.45) is 59.0. The van der Waals surface area contributed by atoms with Crippen LogP contribution in [-0.4, -0.2) is 38.1 Å². The molecule has 0 aromatic heterocycles. The minimum atomic E-state index is -5.02. The molecule has 0 aliphatic heterocycles. The maximum absolute atomic E-state index is 13.1. The molecule has 0 N–H and O–H groups in total. The summed E-state index contributed by atoms with van der Waals surface area (Å²) in [6, 6.07) is 3.65. The molecule has 0 radical (unpaired) electrons. The first-order valence-electron chi connectivity index (χ1n) is 27.1. The van der Waals surface area contributed by atoms with Crippen LogP contribution in [0.15, 0.2) is 47.4 Å². The van der Waals surface area contributed by atoms with Gasteiger partial charge in [-0.15, -0.1) is 0 Å². The molecule has 1 aromatic carbocycles. The van der Waals surface area contributed by atoms with Gasteiger partial charge in [-0.3, -0.25) is 0 Å². The fraction of sp³-hybridized carbons (Fsp3) is 0.786. The molecule has 0 aliphatic rings. The molecule has 1 rings (SSSR count). The standard InChI is InChI=1S/C56H98O7S.K/c1-3-5-7-9-11-13-15-17-19-21-23-25-27-29-31-33-35-37-39-41-43-45-50-62-55(57)52-48-47-49-53(64(59,60)61)54(52)56(58)63-51-46-44-42-40-38-36-34-32-30-28-26-24-22-20-18-16-14-12-10-8-6-4-2;/h11-14,47-49H,3-10,15-46,50-51H2,1-2H3,(H,59,60,61);/q;+1/p-1/b13-11+,14-12+;. The number of benzene rings is 1. The first-order valence-corrected chi connectivity index (χ1v) is 28.5. The van der Waals surface area contributed by atoms with E-state index in [1.807, 2.05) is 0 Å². The molecular weight excluding hydrogens is 856 g/mol. The van der Waals surface area contributed by atoms with Crippen LogP contribution in [0, 0.1) is 0 Å². The Hall–Kier alpha value is -0.814. The maximum Gasteiger partial charge on any atom is 1.00 e. The minimum absolute atomic E-state index is 0. The Labute approximate surface area is 443 Å². The van der Waals surface area contributed by atoms with E-state index in [0.29, 0.717) is 12.8 Å². The molecule has 0 unspecified atom stereocenters. The van der Waals surface area contributed by atoms with Crippen LogP contribution >= 0.6 is 0 Å². The van der Waals surface area contributed by atoms with Crippen LogP contribution in [0.5, 0.6) is 0 Å². The number of ether oxygens (including phenoxy) is 2. The third-order valence-corrected chi connectivity index (χ3v) is 13.4. The molecule has 0 saturated heterocycles. The third kappa shape index (κ3) is 39.7. The van der Waals surface area contributed by atoms with Crippen LogP contribution in [0.2, 0.25) is 0 Å². The van der Waals surface area contributed by atoms with E-state index in [1.54, 1.807) is 0 Å². The zero-order chi connectivity index (χ0) is 46.4. The Morgan fingerprint density at radius 2 is 0.708 bits per heavy atom.